The molecule has 0 fully saturated rings. The van der Waals surface area contributed by atoms with Gasteiger partial charge in [0.1, 0.15) is 0 Å². The van der Waals surface area contributed by atoms with Crippen molar-refractivity contribution in [1.29, 1.82) is 0 Å². The van der Waals surface area contributed by atoms with Gasteiger partial charge in [0.05, 0.1) is 11.1 Å². The van der Waals surface area contributed by atoms with Crippen molar-refractivity contribution in [2.45, 2.75) is 12.2 Å². The molecule has 3 aromatic rings. The fourth-order valence-corrected chi connectivity index (χ4v) is 2.93. The number of carboxylic acid groups (broad SMARTS) is 1. The average Bonchev–Trinajstić information content (AvgIpc) is 2.82. The molecule has 1 aromatic heterocycles. The summed E-state index contributed by atoms with van der Waals surface area (Å²) >= 11 is 11.6. The molecule has 0 bridgehead atoms. The first-order valence-corrected chi connectivity index (χ1v) is 10.4. The van der Waals surface area contributed by atoms with E-state index in [-0.39, 0.29) is 16.8 Å². The number of nitrogens with zero attached hydrogens (tertiary/aromatic N) is 1. The summed E-state index contributed by atoms with van der Waals surface area (Å²) in [5.74, 6) is -4.83. The first-order chi connectivity index (χ1) is 16.2. The lowest BCUT2D eigenvalue weighted by Crippen LogP contribution is -2.48. The van der Waals surface area contributed by atoms with Gasteiger partial charge in [-0.3, -0.25) is 9.78 Å². The van der Waals surface area contributed by atoms with E-state index in [1.54, 1.807) is 0 Å². The molecule has 34 heavy (non-hydrogen) atoms. The molecule has 9 nitrogen and oxygen atoms in total. The third-order valence-corrected chi connectivity index (χ3v) is 4.86. The Morgan fingerprint density at radius 2 is 1.18 bits per heavy atom. The zero-order valence-electron chi connectivity index (χ0n) is 17.2. The predicted octanol–water partition coefficient (Wildman–Crippen LogP) is 3.86. The highest BCUT2D eigenvalue weighted by Gasteiger charge is 2.41. The van der Waals surface area contributed by atoms with Gasteiger partial charge in [0, 0.05) is 28.1 Å². The summed E-state index contributed by atoms with van der Waals surface area (Å²) < 4.78 is 10.3. The SMILES string of the molecule is O=C(O[C@H](C(=O)O)[C@@H](OC(=O)c1ccc(Cl)cc1)C(=O)Nc1ccncc1)c1ccc(Cl)cc1. The van der Waals surface area contributed by atoms with Crippen molar-refractivity contribution < 1.29 is 33.8 Å². The zero-order chi connectivity index (χ0) is 24.7. The first kappa shape index (κ1) is 24.7. The van der Waals surface area contributed by atoms with Gasteiger partial charge < -0.3 is 19.9 Å². The van der Waals surface area contributed by atoms with Crippen LogP contribution in [0.2, 0.25) is 10.0 Å². The summed E-state index contributed by atoms with van der Waals surface area (Å²) in [5, 5.41) is 12.8. The Balaban J connectivity index is 1.89. The number of halogens is 2. The molecular weight excluding hydrogens is 487 g/mol. The van der Waals surface area contributed by atoms with Crippen molar-refractivity contribution in [3.05, 3.63) is 94.2 Å². The summed E-state index contributed by atoms with van der Waals surface area (Å²) in [6, 6.07) is 13.8. The molecule has 3 rings (SSSR count). The molecule has 0 spiro atoms. The molecule has 0 unspecified atom stereocenters. The van der Waals surface area contributed by atoms with Gasteiger partial charge in [0.15, 0.2) is 0 Å². The van der Waals surface area contributed by atoms with Crippen molar-refractivity contribution in [2.24, 2.45) is 0 Å². The minimum atomic E-state index is -2.17. The van der Waals surface area contributed by atoms with Gasteiger partial charge in [0.2, 0.25) is 12.2 Å². The van der Waals surface area contributed by atoms with Crippen LogP contribution in [0.25, 0.3) is 0 Å². The van der Waals surface area contributed by atoms with E-state index in [0.29, 0.717) is 10.0 Å². The van der Waals surface area contributed by atoms with Crippen LogP contribution >= 0.6 is 23.2 Å². The van der Waals surface area contributed by atoms with E-state index >= 15 is 0 Å². The summed E-state index contributed by atoms with van der Waals surface area (Å²) in [6.07, 6.45) is -1.43. The van der Waals surface area contributed by atoms with Gasteiger partial charge in [-0.2, -0.15) is 0 Å². The Hall–Kier alpha value is -3.95. The number of aromatic nitrogens is 1. The molecule has 0 aliphatic rings. The Labute approximate surface area is 203 Å². The highest BCUT2D eigenvalue weighted by molar-refractivity contribution is 6.31. The van der Waals surface area contributed by atoms with Crippen molar-refractivity contribution >= 4 is 52.7 Å². The topological polar surface area (TPSA) is 132 Å². The Morgan fingerprint density at radius 1 is 0.735 bits per heavy atom. The normalized spacial score (nSPS) is 12.2. The fraction of sp³-hybridized carbons (Fsp3) is 0.0870. The fourth-order valence-electron chi connectivity index (χ4n) is 2.68. The quantitative estimate of drug-likeness (QED) is 0.443. The molecule has 0 saturated carbocycles. The van der Waals surface area contributed by atoms with E-state index in [1.807, 2.05) is 0 Å². The molecule has 174 valence electrons. The van der Waals surface area contributed by atoms with E-state index in [4.69, 9.17) is 32.7 Å². The van der Waals surface area contributed by atoms with Crippen LogP contribution in [0.4, 0.5) is 5.69 Å². The van der Waals surface area contributed by atoms with Gasteiger partial charge in [-0.15, -0.1) is 0 Å². The lowest BCUT2D eigenvalue weighted by atomic mass is 10.1. The lowest BCUT2D eigenvalue weighted by molar-refractivity contribution is -0.157. The monoisotopic (exact) mass is 502 g/mol. The number of amides is 1. The predicted molar refractivity (Wildman–Crippen MR) is 122 cm³/mol. The highest BCUT2D eigenvalue weighted by Crippen LogP contribution is 2.18. The first-order valence-electron chi connectivity index (χ1n) is 9.61. The molecule has 0 radical (unpaired) electrons. The van der Waals surface area contributed by atoms with Crippen LogP contribution in [-0.2, 0) is 19.1 Å². The second kappa shape index (κ2) is 11.3. The summed E-state index contributed by atoms with van der Waals surface area (Å²) in [7, 11) is 0. The summed E-state index contributed by atoms with van der Waals surface area (Å²) in [6.45, 7) is 0. The molecule has 2 atom stereocenters. The second-order valence-corrected chi connectivity index (χ2v) is 7.60. The van der Waals surface area contributed by atoms with Crippen molar-refractivity contribution in [3.63, 3.8) is 0 Å². The Morgan fingerprint density at radius 3 is 1.62 bits per heavy atom. The van der Waals surface area contributed by atoms with E-state index in [9.17, 15) is 24.3 Å². The number of hydrogen-bond donors (Lipinski definition) is 2. The van der Waals surface area contributed by atoms with Gasteiger partial charge >= 0.3 is 17.9 Å². The van der Waals surface area contributed by atoms with E-state index in [1.165, 1.54) is 73.1 Å². The van der Waals surface area contributed by atoms with Crippen molar-refractivity contribution in [2.75, 3.05) is 5.32 Å². The maximum Gasteiger partial charge on any atom is 0.349 e. The lowest BCUT2D eigenvalue weighted by Gasteiger charge is -2.23. The van der Waals surface area contributed by atoms with Crippen LogP contribution in [-0.4, -0.2) is 46.1 Å². The maximum absolute atomic E-state index is 12.9. The molecule has 0 saturated heterocycles. The average molecular weight is 503 g/mol. The van der Waals surface area contributed by atoms with E-state index < -0.39 is 36.0 Å². The number of carbonyl (C=O) groups is 4. The standard InChI is InChI=1S/C23H16Cl2N2O7/c24-15-5-1-13(2-6-15)22(31)33-18(20(28)27-17-9-11-26-12-10-17)19(21(29)30)34-23(32)14-3-7-16(25)8-4-14/h1-12,18-19H,(H,29,30)(H,26,27,28)/t18-,19+/m1/s1. The number of carbonyl (C=O) groups excluding carboxylic acids is 3. The summed E-state index contributed by atoms with van der Waals surface area (Å²) in [5.41, 5.74) is 0.230. The van der Waals surface area contributed by atoms with Crippen LogP contribution in [0.1, 0.15) is 20.7 Å². The van der Waals surface area contributed by atoms with Crippen LogP contribution in [0.3, 0.4) is 0 Å². The number of ether oxygens (including phenoxy) is 2. The second-order valence-electron chi connectivity index (χ2n) is 6.73. The molecule has 2 N–H and O–H groups in total. The molecule has 2 aromatic carbocycles. The number of aliphatic carboxylic acids is 1. The maximum atomic E-state index is 12.9. The molecule has 0 aliphatic heterocycles. The van der Waals surface area contributed by atoms with E-state index in [0.717, 1.165) is 0 Å². The molecule has 0 aliphatic carbocycles. The number of anilines is 1. The molecular formula is C23H16Cl2N2O7. The number of benzene rings is 2. The Kier molecular flexibility index (Phi) is 8.18. The smallest absolute Gasteiger partial charge is 0.349 e. The van der Waals surface area contributed by atoms with Gasteiger partial charge in [-0.25, -0.2) is 14.4 Å². The number of esters is 2. The van der Waals surface area contributed by atoms with E-state index in [2.05, 4.69) is 10.3 Å². The van der Waals surface area contributed by atoms with Crippen LogP contribution < -0.4 is 5.32 Å². The Bertz CT molecular complexity index is 1190. The largest absolute Gasteiger partial charge is 0.478 e. The van der Waals surface area contributed by atoms with Gasteiger partial charge in [-0.05, 0) is 60.7 Å². The number of rotatable bonds is 8. The summed E-state index contributed by atoms with van der Waals surface area (Å²) in [4.78, 5) is 53.9. The van der Waals surface area contributed by atoms with Crippen molar-refractivity contribution in [1.82, 2.24) is 4.98 Å². The van der Waals surface area contributed by atoms with Gasteiger partial charge in [0.25, 0.3) is 5.91 Å². The minimum absolute atomic E-state index is 0.000669. The minimum Gasteiger partial charge on any atom is -0.478 e. The van der Waals surface area contributed by atoms with Crippen LogP contribution in [0, 0.1) is 0 Å². The zero-order valence-corrected chi connectivity index (χ0v) is 18.7. The molecule has 1 heterocycles. The third kappa shape index (κ3) is 6.53. The number of nitrogens with one attached hydrogen (secondary N) is 1. The number of carboxylic acids is 1. The van der Waals surface area contributed by atoms with Crippen LogP contribution in [0.5, 0.6) is 0 Å². The third-order valence-electron chi connectivity index (χ3n) is 4.35. The highest BCUT2D eigenvalue weighted by atomic mass is 35.5. The van der Waals surface area contributed by atoms with Gasteiger partial charge in [-0.1, -0.05) is 23.2 Å². The molecule has 1 amide bonds. The van der Waals surface area contributed by atoms with Crippen molar-refractivity contribution in [3.8, 4) is 0 Å². The molecule has 11 heteroatoms. The van der Waals surface area contributed by atoms with Crippen LogP contribution in [0.15, 0.2) is 73.1 Å². The number of hydrogen-bond acceptors (Lipinski definition) is 7. The number of pyridine rings is 1.